The molecule has 0 saturated heterocycles. The molecule has 1 heterocycles. The summed E-state index contributed by atoms with van der Waals surface area (Å²) in [5.41, 5.74) is 7.57. The van der Waals surface area contributed by atoms with Crippen LogP contribution in [0.25, 0.3) is 11.1 Å². The number of nitrogens with two attached hydrogens (primary N) is 1. The van der Waals surface area contributed by atoms with Gasteiger partial charge in [0.1, 0.15) is 5.52 Å². The van der Waals surface area contributed by atoms with Gasteiger partial charge in [-0.2, -0.15) is 0 Å². The molecule has 2 aromatic rings. The van der Waals surface area contributed by atoms with E-state index in [-0.39, 0.29) is 30.7 Å². The van der Waals surface area contributed by atoms with Crippen LogP contribution >= 0.6 is 24.8 Å². The van der Waals surface area contributed by atoms with Crippen molar-refractivity contribution in [2.75, 3.05) is 5.32 Å². The van der Waals surface area contributed by atoms with E-state index in [2.05, 4.69) is 10.3 Å². The van der Waals surface area contributed by atoms with Crippen LogP contribution in [0.15, 0.2) is 22.6 Å². The summed E-state index contributed by atoms with van der Waals surface area (Å²) >= 11 is 0. The number of hydrogen-bond acceptors (Lipinski definition) is 4. The van der Waals surface area contributed by atoms with Gasteiger partial charge in [-0.05, 0) is 25.0 Å². The number of amides is 1. The van der Waals surface area contributed by atoms with Gasteiger partial charge in [0.2, 0.25) is 5.91 Å². The summed E-state index contributed by atoms with van der Waals surface area (Å²) < 4.78 is 5.45. The van der Waals surface area contributed by atoms with Crippen molar-refractivity contribution >= 4 is 47.5 Å². The molecule has 1 amide bonds. The smallest absolute Gasteiger partial charge is 0.244 e. The summed E-state index contributed by atoms with van der Waals surface area (Å²) in [5, 5.41) is 2.87. The number of oxazole rings is 1. The first kappa shape index (κ1) is 17.8. The average Bonchev–Trinajstić information content (AvgIpc) is 2.95. The summed E-state index contributed by atoms with van der Waals surface area (Å²) in [5.74, 6) is 0.505. The summed E-state index contributed by atoms with van der Waals surface area (Å²) in [6.45, 7) is 1.80. The minimum Gasteiger partial charge on any atom is -0.441 e. The molecule has 21 heavy (non-hydrogen) atoms. The molecule has 5 nitrogen and oxygen atoms in total. The molecule has 1 aliphatic carbocycles. The maximum atomic E-state index is 12.2. The molecule has 1 aliphatic rings. The molecule has 1 saturated carbocycles. The molecule has 1 fully saturated rings. The predicted molar refractivity (Wildman–Crippen MR) is 87.3 cm³/mol. The molecule has 0 aliphatic heterocycles. The van der Waals surface area contributed by atoms with E-state index in [1.54, 1.807) is 13.0 Å². The van der Waals surface area contributed by atoms with Crippen molar-refractivity contribution < 1.29 is 9.21 Å². The summed E-state index contributed by atoms with van der Waals surface area (Å²) in [6.07, 6.45) is 3.54. The van der Waals surface area contributed by atoms with Gasteiger partial charge in [0.05, 0.1) is 5.54 Å². The van der Waals surface area contributed by atoms with Gasteiger partial charge < -0.3 is 15.5 Å². The van der Waals surface area contributed by atoms with Crippen molar-refractivity contribution in [3.8, 4) is 0 Å². The number of rotatable bonds is 2. The Morgan fingerprint density at radius 1 is 1.33 bits per heavy atom. The predicted octanol–water partition coefficient (Wildman–Crippen LogP) is 3.19. The molecule has 3 rings (SSSR count). The zero-order valence-electron chi connectivity index (χ0n) is 11.7. The Balaban J connectivity index is 0.00000110. The highest BCUT2D eigenvalue weighted by Crippen LogP contribution is 2.29. The topological polar surface area (TPSA) is 81.2 Å². The maximum Gasteiger partial charge on any atom is 0.244 e. The second-order valence-electron chi connectivity index (χ2n) is 5.23. The summed E-state index contributed by atoms with van der Waals surface area (Å²) in [4.78, 5) is 16.4. The standard InChI is InChI=1S/C14H17N3O2.2ClH/c1-9-16-11-5-4-10(8-12(11)19-9)17-13(18)14(15)6-2-3-7-14;;/h4-5,8H,2-3,6-7,15H2,1H3,(H,17,18);2*1H. The Morgan fingerprint density at radius 3 is 2.67 bits per heavy atom. The molecule has 3 N–H and O–H groups in total. The number of carbonyl (C=O) groups excluding carboxylic acids is 1. The molecule has 7 heteroatoms. The minimum atomic E-state index is -0.716. The first-order chi connectivity index (χ1) is 9.07. The van der Waals surface area contributed by atoms with Crippen LogP contribution in [0, 0.1) is 6.92 Å². The second-order valence-corrected chi connectivity index (χ2v) is 5.23. The van der Waals surface area contributed by atoms with Gasteiger partial charge in [0.25, 0.3) is 0 Å². The van der Waals surface area contributed by atoms with E-state index in [1.165, 1.54) is 0 Å². The molecular weight excluding hydrogens is 313 g/mol. The number of nitrogens with zero attached hydrogens (tertiary/aromatic N) is 1. The SMILES string of the molecule is Cc1nc2ccc(NC(=O)C3(N)CCCC3)cc2o1.Cl.Cl. The van der Waals surface area contributed by atoms with Crippen LogP contribution < -0.4 is 11.1 Å². The summed E-state index contributed by atoms with van der Waals surface area (Å²) in [6, 6.07) is 5.44. The highest BCUT2D eigenvalue weighted by Gasteiger charge is 2.36. The number of nitrogens with one attached hydrogen (secondary N) is 1. The Kier molecular flexibility index (Phi) is 5.61. The molecule has 1 aromatic heterocycles. The highest BCUT2D eigenvalue weighted by atomic mass is 35.5. The lowest BCUT2D eigenvalue weighted by Crippen LogP contribution is -2.48. The van der Waals surface area contributed by atoms with Gasteiger partial charge in [-0.3, -0.25) is 4.79 Å². The number of fused-ring (bicyclic) bond motifs is 1. The van der Waals surface area contributed by atoms with Crippen molar-refractivity contribution in [2.24, 2.45) is 5.73 Å². The van der Waals surface area contributed by atoms with Crippen LogP contribution in [0.2, 0.25) is 0 Å². The molecule has 0 radical (unpaired) electrons. The number of anilines is 1. The van der Waals surface area contributed by atoms with Crippen LogP contribution in [-0.2, 0) is 4.79 Å². The molecule has 0 unspecified atom stereocenters. The fraction of sp³-hybridized carbons (Fsp3) is 0.429. The second kappa shape index (κ2) is 6.64. The zero-order chi connectivity index (χ0) is 13.5. The van der Waals surface area contributed by atoms with Gasteiger partial charge >= 0.3 is 0 Å². The Bertz CT molecular complexity index is 636. The van der Waals surface area contributed by atoms with E-state index < -0.39 is 5.54 Å². The van der Waals surface area contributed by atoms with Crippen molar-refractivity contribution in [3.05, 3.63) is 24.1 Å². The minimum absolute atomic E-state index is 0. The van der Waals surface area contributed by atoms with Crippen LogP contribution in [0.4, 0.5) is 5.69 Å². The van der Waals surface area contributed by atoms with E-state index in [0.717, 1.165) is 31.2 Å². The van der Waals surface area contributed by atoms with E-state index in [9.17, 15) is 4.79 Å². The van der Waals surface area contributed by atoms with Gasteiger partial charge in [-0.25, -0.2) is 4.98 Å². The molecule has 0 bridgehead atoms. The first-order valence-electron chi connectivity index (χ1n) is 6.54. The monoisotopic (exact) mass is 331 g/mol. The van der Waals surface area contributed by atoms with Gasteiger partial charge in [0, 0.05) is 18.7 Å². The van der Waals surface area contributed by atoms with Crippen LogP contribution in [0.1, 0.15) is 31.6 Å². The zero-order valence-corrected chi connectivity index (χ0v) is 13.4. The lowest BCUT2D eigenvalue weighted by atomic mass is 9.98. The number of aryl methyl sites for hydroxylation is 1. The fourth-order valence-corrected chi connectivity index (χ4v) is 2.61. The van der Waals surface area contributed by atoms with E-state index in [1.807, 2.05) is 12.1 Å². The normalized spacial score (nSPS) is 16.1. The lowest BCUT2D eigenvalue weighted by molar-refractivity contribution is -0.121. The molecular formula is C14H19Cl2N3O2. The molecule has 116 valence electrons. The van der Waals surface area contributed by atoms with Gasteiger partial charge in [-0.15, -0.1) is 24.8 Å². The Hall–Kier alpha value is -1.30. The van der Waals surface area contributed by atoms with E-state index in [4.69, 9.17) is 10.2 Å². The maximum absolute atomic E-state index is 12.2. The molecule has 1 aromatic carbocycles. The third kappa shape index (κ3) is 3.48. The van der Waals surface area contributed by atoms with Crippen LogP contribution in [0.3, 0.4) is 0 Å². The van der Waals surface area contributed by atoms with Gasteiger partial charge in [0.15, 0.2) is 11.5 Å². The van der Waals surface area contributed by atoms with Crippen molar-refractivity contribution in [1.82, 2.24) is 4.98 Å². The fourth-order valence-electron chi connectivity index (χ4n) is 2.61. The number of aromatic nitrogens is 1. The number of halogens is 2. The number of carbonyl (C=O) groups is 1. The van der Waals surface area contributed by atoms with Crippen molar-refractivity contribution in [3.63, 3.8) is 0 Å². The Labute approximate surface area is 135 Å². The van der Waals surface area contributed by atoms with Gasteiger partial charge in [-0.1, -0.05) is 12.8 Å². The number of hydrogen-bond donors (Lipinski definition) is 2. The van der Waals surface area contributed by atoms with Crippen LogP contribution in [0.5, 0.6) is 0 Å². The van der Waals surface area contributed by atoms with Crippen LogP contribution in [-0.4, -0.2) is 16.4 Å². The Morgan fingerprint density at radius 2 is 2.00 bits per heavy atom. The average molecular weight is 332 g/mol. The molecule has 0 atom stereocenters. The molecule has 0 spiro atoms. The third-order valence-electron chi connectivity index (χ3n) is 3.70. The third-order valence-corrected chi connectivity index (χ3v) is 3.70. The first-order valence-corrected chi connectivity index (χ1v) is 6.54. The number of benzene rings is 1. The lowest BCUT2D eigenvalue weighted by Gasteiger charge is -2.22. The quantitative estimate of drug-likeness (QED) is 0.885. The van der Waals surface area contributed by atoms with Crippen molar-refractivity contribution in [1.29, 1.82) is 0 Å². The van der Waals surface area contributed by atoms with Crippen molar-refractivity contribution in [2.45, 2.75) is 38.1 Å². The summed E-state index contributed by atoms with van der Waals surface area (Å²) in [7, 11) is 0. The van der Waals surface area contributed by atoms with E-state index >= 15 is 0 Å². The highest BCUT2D eigenvalue weighted by molar-refractivity contribution is 5.99. The van der Waals surface area contributed by atoms with E-state index in [0.29, 0.717) is 17.2 Å². The largest absolute Gasteiger partial charge is 0.441 e.